The Kier molecular flexibility index (Phi) is 5.21. The molecule has 22 heavy (non-hydrogen) atoms. The van der Waals surface area contributed by atoms with Crippen molar-refractivity contribution >= 4 is 5.97 Å². The molecular formula is C19H22O3. The minimum absolute atomic E-state index is 0.349. The molecule has 116 valence electrons. The Hall–Kier alpha value is -2.29. The predicted octanol–water partition coefficient (Wildman–Crippen LogP) is 4.19. The van der Waals surface area contributed by atoms with E-state index in [4.69, 9.17) is 4.74 Å². The molecule has 0 heterocycles. The van der Waals surface area contributed by atoms with Gasteiger partial charge in [-0.25, -0.2) is 4.79 Å². The molecule has 0 spiro atoms. The molecular weight excluding hydrogens is 276 g/mol. The summed E-state index contributed by atoms with van der Waals surface area (Å²) in [6.07, 6.45) is -0.534. The number of carboxylic acid groups (broad SMARTS) is 1. The molecule has 0 aliphatic heterocycles. The first-order valence-electron chi connectivity index (χ1n) is 7.51. The lowest BCUT2D eigenvalue weighted by atomic mass is 9.99. The fourth-order valence-electron chi connectivity index (χ4n) is 2.27. The molecule has 1 N–H and O–H groups in total. The van der Waals surface area contributed by atoms with Crippen LogP contribution >= 0.6 is 0 Å². The molecule has 3 nitrogen and oxygen atoms in total. The monoisotopic (exact) mass is 298 g/mol. The highest BCUT2D eigenvalue weighted by molar-refractivity contribution is 5.73. The summed E-state index contributed by atoms with van der Waals surface area (Å²) in [6.45, 7) is 6.18. The standard InChI is InChI=1S/C19H22O3/c1-13(2)16-10-8-15(9-11-16)12-18(19(20)21)22-17-7-5-4-6-14(17)3/h4-11,13,18H,12H2,1-3H3,(H,20,21)/t18-/m0/s1. The Morgan fingerprint density at radius 2 is 1.73 bits per heavy atom. The van der Waals surface area contributed by atoms with Crippen molar-refractivity contribution in [2.45, 2.75) is 39.2 Å². The number of hydrogen-bond donors (Lipinski definition) is 1. The first kappa shape index (κ1) is 16.1. The van der Waals surface area contributed by atoms with Crippen LogP contribution in [-0.2, 0) is 11.2 Å². The van der Waals surface area contributed by atoms with Gasteiger partial charge < -0.3 is 9.84 Å². The summed E-state index contributed by atoms with van der Waals surface area (Å²) in [7, 11) is 0. The second kappa shape index (κ2) is 7.12. The summed E-state index contributed by atoms with van der Waals surface area (Å²) < 4.78 is 5.69. The van der Waals surface area contributed by atoms with Gasteiger partial charge in [-0.1, -0.05) is 56.3 Å². The van der Waals surface area contributed by atoms with E-state index in [-0.39, 0.29) is 0 Å². The number of carbonyl (C=O) groups is 1. The SMILES string of the molecule is Cc1ccccc1O[C@@H](Cc1ccc(C(C)C)cc1)C(=O)O. The molecule has 0 aromatic heterocycles. The van der Waals surface area contributed by atoms with Crippen molar-refractivity contribution in [1.82, 2.24) is 0 Å². The molecule has 0 saturated carbocycles. The number of aryl methyl sites for hydroxylation is 1. The van der Waals surface area contributed by atoms with Gasteiger partial charge in [0.1, 0.15) is 5.75 Å². The van der Waals surface area contributed by atoms with Crippen molar-refractivity contribution in [2.24, 2.45) is 0 Å². The summed E-state index contributed by atoms with van der Waals surface area (Å²) in [6, 6.07) is 15.5. The molecule has 0 unspecified atom stereocenters. The number of rotatable bonds is 6. The highest BCUT2D eigenvalue weighted by Gasteiger charge is 2.20. The Labute approximate surface area is 131 Å². The maximum Gasteiger partial charge on any atom is 0.345 e. The third kappa shape index (κ3) is 4.10. The van der Waals surface area contributed by atoms with E-state index < -0.39 is 12.1 Å². The van der Waals surface area contributed by atoms with Crippen LogP contribution in [0.2, 0.25) is 0 Å². The largest absolute Gasteiger partial charge is 0.478 e. The second-order valence-electron chi connectivity index (χ2n) is 5.81. The van der Waals surface area contributed by atoms with Crippen LogP contribution in [-0.4, -0.2) is 17.2 Å². The number of hydrogen-bond acceptors (Lipinski definition) is 2. The quantitative estimate of drug-likeness (QED) is 0.869. The van der Waals surface area contributed by atoms with Gasteiger partial charge in [-0.05, 0) is 35.6 Å². The van der Waals surface area contributed by atoms with Crippen LogP contribution in [0.15, 0.2) is 48.5 Å². The molecule has 2 rings (SSSR count). The van der Waals surface area contributed by atoms with E-state index in [9.17, 15) is 9.90 Å². The lowest BCUT2D eigenvalue weighted by Crippen LogP contribution is -2.29. The van der Waals surface area contributed by atoms with Crippen LogP contribution in [0.1, 0.15) is 36.5 Å². The number of benzene rings is 2. The van der Waals surface area contributed by atoms with Crippen LogP contribution in [0.25, 0.3) is 0 Å². The molecule has 0 saturated heterocycles. The van der Waals surface area contributed by atoms with Crippen LogP contribution < -0.4 is 4.74 Å². The van der Waals surface area contributed by atoms with Crippen molar-refractivity contribution in [3.8, 4) is 5.75 Å². The normalized spacial score (nSPS) is 12.2. The summed E-state index contributed by atoms with van der Waals surface area (Å²) in [5.74, 6) is 0.137. The molecule has 0 amide bonds. The Balaban J connectivity index is 2.12. The van der Waals surface area contributed by atoms with Gasteiger partial charge in [-0.2, -0.15) is 0 Å². The molecule has 0 bridgehead atoms. The van der Waals surface area contributed by atoms with Crippen LogP contribution in [0, 0.1) is 6.92 Å². The van der Waals surface area contributed by atoms with Crippen molar-refractivity contribution in [2.75, 3.05) is 0 Å². The van der Waals surface area contributed by atoms with E-state index in [1.807, 2.05) is 49.4 Å². The molecule has 0 aliphatic carbocycles. The number of ether oxygens (including phenoxy) is 1. The highest BCUT2D eigenvalue weighted by atomic mass is 16.5. The van der Waals surface area contributed by atoms with E-state index >= 15 is 0 Å². The Morgan fingerprint density at radius 3 is 2.27 bits per heavy atom. The first-order valence-corrected chi connectivity index (χ1v) is 7.51. The van der Waals surface area contributed by atoms with Gasteiger partial charge in [0.15, 0.2) is 6.10 Å². The van der Waals surface area contributed by atoms with Gasteiger partial charge in [-0.3, -0.25) is 0 Å². The summed E-state index contributed by atoms with van der Waals surface area (Å²) >= 11 is 0. The fourth-order valence-corrected chi connectivity index (χ4v) is 2.27. The van der Waals surface area contributed by atoms with Crippen LogP contribution in [0.3, 0.4) is 0 Å². The van der Waals surface area contributed by atoms with E-state index in [0.717, 1.165) is 11.1 Å². The van der Waals surface area contributed by atoms with Gasteiger partial charge >= 0.3 is 5.97 Å². The first-order chi connectivity index (χ1) is 10.5. The summed E-state index contributed by atoms with van der Waals surface area (Å²) in [4.78, 5) is 11.5. The maximum absolute atomic E-state index is 11.5. The number of carboxylic acids is 1. The van der Waals surface area contributed by atoms with Gasteiger partial charge in [0.2, 0.25) is 0 Å². The van der Waals surface area contributed by atoms with Crippen LogP contribution in [0.4, 0.5) is 0 Å². The number of para-hydroxylation sites is 1. The number of aliphatic carboxylic acids is 1. The lowest BCUT2D eigenvalue weighted by molar-refractivity contribution is -0.145. The van der Waals surface area contributed by atoms with Crippen molar-refractivity contribution in [1.29, 1.82) is 0 Å². The van der Waals surface area contributed by atoms with Gasteiger partial charge in [0.25, 0.3) is 0 Å². The lowest BCUT2D eigenvalue weighted by Gasteiger charge is -2.17. The molecule has 2 aromatic rings. The van der Waals surface area contributed by atoms with E-state index in [1.165, 1.54) is 5.56 Å². The van der Waals surface area contributed by atoms with Gasteiger partial charge in [0.05, 0.1) is 0 Å². The van der Waals surface area contributed by atoms with Crippen molar-refractivity contribution in [3.63, 3.8) is 0 Å². The third-order valence-corrected chi connectivity index (χ3v) is 3.71. The molecule has 1 atom stereocenters. The Morgan fingerprint density at radius 1 is 1.09 bits per heavy atom. The fraction of sp³-hybridized carbons (Fsp3) is 0.316. The zero-order valence-corrected chi connectivity index (χ0v) is 13.2. The zero-order chi connectivity index (χ0) is 16.1. The molecule has 0 radical (unpaired) electrons. The molecule has 0 aliphatic rings. The third-order valence-electron chi connectivity index (χ3n) is 3.71. The van der Waals surface area contributed by atoms with E-state index in [2.05, 4.69) is 13.8 Å². The van der Waals surface area contributed by atoms with Gasteiger partial charge in [-0.15, -0.1) is 0 Å². The zero-order valence-electron chi connectivity index (χ0n) is 13.2. The van der Waals surface area contributed by atoms with E-state index in [0.29, 0.717) is 18.1 Å². The topological polar surface area (TPSA) is 46.5 Å². The van der Waals surface area contributed by atoms with Gasteiger partial charge in [0, 0.05) is 6.42 Å². The Bertz CT molecular complexity index is 629. The second-order valence-corrected chi connectivity index (χ2v) is 5.81. The smallest absolute Gasteiger partial charge is 0.345 e. The predicted molar refractivity (Wildman–Crippen MR) is 87.5 cm³/mol. The summed E-state index contributed by atoms with van der Waals surface area (Å²) in [5, 5.41) is 9.40. The summed E-state index contributed by atoms with van der Waals surface area (Å²) in [5.41, 5.74) is 3.14. The average molecular weight is 298 g/mol. The maximum atomic E-state index is 11.5. The average Bonchev–Trinajstić information content (AvgIpc) is 2.49. The van der Waals surface area contributed by atoms with Crippen molar-refractivity contribution < 1.29 is 14.6 Å². The minimum Gasteiger partial charge on any atom is -0.478 e. The van der Waals surface area contributed by atoms with E-state index in [1.54, 1.807) is 6.07 Å². The van der Waals surface area contributed by atoms with Crippen molar-refractivity contribution in [3.05, 3.63) is 65.2 Å². The minimum atomic E-state index is -0.948. The molecule has 0 fully saturated rings. The molecule has 2 aromatic carbocycles. The highest BCUT2D eigenvalue weighted by Crippen LogP contribution is 2.20. The molecule has 3 heteroatoms. The van der Waals surface area contributed by atoms with Crippen LogP contribution in [0.5, 0.6) is 5.75 Å².